The van der Waals surface area contributed by atoms with E-state index in [-0.39, 0.29) is 0 Å². The molecule has 0 unspecified atom stereocenters. The van der Waals surface area contributed by atoms with Crippen LogP contribution in [-0.2, 0) is 30.3 Å². The summed E-state index contributed by atoms with van der Waals surface area (Å²) in [6, 6.07) is 10.2. The van der Waals surface area contributed by atoms with Crippen molar-refractivity contribution in [1.29, 1.82) is 0 Å². The first-order valence-electron chi connectivity index (χ1n) is 14.4. The van der Waals surface area contributed by atoms with Crippen LogP contribution >= 0.6 is 0 Å². The molecule has 0 spiro atoms. The van der Waals surface area contributed by atoms with Crippen LogP contribution in [0.1, 0.15) is 96.0 Å². The molecular formula is C30H54O5. The molecule has 0 heterocycles. The zero-order chi connectivity index (χ0) is 24.9. The van der Waals surface area contributed by atoms with Crippen LogP contribution in [0.15, 0.2) is 30.3 Å². The average Bonchev–Trinajstić information content (AvgIpc) is 2.89. The van der Waals surface area contributed by atoms with Gasteiger partial charge in [-0.15, -0.1) is 0 Å². The zero-order valence-corrected chi connectivity index (χ0v) is 22.7. The van der Waals surface area contributed by atoms with Crippen LogP contribution in [0.25, 0.3) is 0 Å². The van der Waals surface area contributed by atoms with Crippen molar-refractivity contribution in [3.05, 3.63) is 35.9 Å². The maximum absolute atomic E-state index is 5.66. The molecule has 5 nitrogen and oxygen atoms in total. The highest BCUT2D eigenvalue weighted by Crippen LogP contribution is 2.12. The molecule has 0 fully saturated rings. The molecule has 0 aliphatic rings. The van der Waals surface area contributed by atoms with Gasteiger partial charge in [-0.1, -0.05) is 114 Å². The molecule has 5 heteroatoms. The molecule has 0 saturated carbocycles. The van der Waals surface area contributed by atoms with Gasteiger partial charge in [-0.3, -0.25) is 0 Å². The number of benzene rings is 1. The predicted octanol–water partition coefficient (Wildman–Crippen LogP) is 7.36. The van der Waals surface area contributed by atoms with Gasteiger partial charge in [0.25, 0.3) is 0 Å². The van der Waals surface area contributed by atoms with Crippen LogP contribution in [0, 0.1) is 0 Å². The van der Waals surface area contributed by atoms with Crippen LogP contribution in [0.3, 0.4) is 0 Å². The average molecular weight is 495 g/mol. The van der Waals surface area contributed by atoms with Crippen molar-refractivity contribution in [3.63, 3.8) is 0 Å². The molecule has 1 aromatic rings. The van der Waals surface area contributed by atoms with Crippen molar-refractivity contribution in [3.8, 4) is 0 Å². The van der Waals surface area contributed by atoms with E-state index in [4.69, 9.17) is 23.7 Å². The Morgan fingerprint density at radius 2 is 0.771 bits per heavy atom. The monoisotopic (exact) mass is 494 g/mol. The SMILES string of the molecule is CCCCCCCCCCCCCCCOCCOCCOCCOCCOCc1ccccc1. The lowest BCUT2D eigenvalue weighted by molar-refractivity contribution is -0.0126. The highest BCUT2D eigenvalue weighted by molar-refractivity contribution is 5.13. The molecule has 1 aromatic carbocycles. The van der Waals surface area contributed by atoms with E-state index in [9.17, 15) is 0 Å². The Kier molecular flexibility index (Phi) is 25.3. The molecule has 1 rings (SSSR count). The summed E-state index contributed by atoms with van der Waals surface area (Å²) in [5.74, 6) is 0. The minimum atomic E-state index is 0.580. The summed E-state index contributed by atoms with van der Waals surface area (Å²) in [6.07, 6.45) is 17.9. The second-order valence-electron chi connectivity index (χ2n) is 9.23. The van der Waals surface area contributed by atoms with Crippen molar-refractivity contribution >= 4 is 0 Å². The summed E-state index contributed by atoms with van der Waals surface area (Å²) in [5.41, 5.74) is 1.18. The highest BCUT2D eigenvalue weighted by Gasteiger charge is 1.96. The molecule has 0 aromatic heterocycles. The lowest BCUT2D eigenvalue weighted by atomic mass is 10.0. The largest absolute Gasteiger partial charge is 0.379 e. The molecule has 0 aliphatic heterocycles. The third-order valence-corrected chi connectivity index (χ3v) is 5.99. The molecular weight excluding hydrogens is 440 g/mol. The van der Waals surface area contributed by atoms with E-state index in [1.54, 1.807) is 0 Å². The van der Waals surface area contributed by atoms with Gasteiger partial charge in [0.1, 0.15) is 0 Å². The highest BCUT2D eigenvalue weighted by atomic mass is 16.6. The standard InChI is InChI=1S/C30H54O5/c1-2-3-4-5-6-7-8-9-10-11-12-13-17-20-31-21-22-32-23-24-33-25-26-34-27-28-35-29-30-18-15-14-16-19-30/h14-16,18-19H,2-13,17,20-29H2,1H3. The molecule has 35 heavy (non-hydrogen) atoms. The topological polar surface area (TPSA) is 46.2 Å². The summed E-state index contributed by atoms with van der Waals surface area (Å²) in [5, 5.41) is 0. The molecule has 0 N–H and O–H groups in total. The van der Waals surface area contributed by atoms with Gasteiger partial charge >= 0.3 is 0 Å². The molecule has 0 aliphatic carbocycles. The summed E-state index contributed by atoms with van der Waals surface area (Å²) in [7, 11) is 0. The lowest BCUT2D eigenvalue weighted by Crippen LogP contribution is -2.13. The third-order valence-electron chi connectivity index (χ3n) is 5.99. The van der Waals surface area contributed by atoms with Gasteiger partial charge in [-0.2, -0.15) is 0 Å². The van der Waals surface area contributed by atoms with Crippen LogP contribution in [0.2, 0.25) is 0 Å². The van der Waals surface area contributed by atoms with Gasteiger partial charge in [-0.25, -0.2) is 0 Å². The number of hydrogen-bond acceptors (Lipinski definition) is 5. The molecule has 204 valence electrons. The molecule has 0 amide bonds. The van der Waals surface area contributed by atoms with E-state index in [0.29, 0.717) is 59.5 Å². The second-order valence-corrected chi connectivity index (χ2v) is 9.23. The summed E-state index contributed by atoms with van der Waals surface area (Å²) in [4.78, 5) is 0. The van der Waals surface area contributed by atoms with Crippen LogP contribution in [0.5, 0.6) is 0 Å². The van der Waals surface area contributed by atoms with Crippen LogP contribution < -0.4 is 0 Å². The van der Waals surface area contributed by atoms with Crippen LogP contribution in [0.4, 0.5) is 0 Å². The Labute approximate surface area is 216 Å². The maximum atomic E-state index is 5.66. The van der Waals surface area contributed by atoms with E-state index in [1.165, 1.54) is 82.6 Å². The van der Waals surface area contributed by atoms with Gasteiger partial charge in [0.05, 0.1) is 59.5 Å². The Balaban J connectivity index is 1.63. The van der Waals surface area contributed by atoms with Crippen molar-refractivity contribution in [2.75, 3.05) is 59.5 Å². The number of hydrogen-bond donors (Lipinski definition) is 0. The Hall–Kier alpha value is -0.980. The smallest absolute Gasteiger partial charge is 0.0718 e. The lowest BCUT2D eigenvalue weighted by Gasteiger charge is -2.08. The van der Waals surface area contributed by atoms with Gasteiger partial charge in [-0.05, 0) is 12.0 Å². The summed E-state index contributed by atoms with van der Waals surface area (Å²) >= 11 is 0. The fourth-order valence-electron chi connectivity index (χ4n) is 3.87. The summed E-state index contributed by atoms with van der Waals surface area (Å²) in [6.45, 7) is 8.60. The Morgan fingerprint density at radius 3 is 1.23 bits per heavy atom. The maximum Gasteiger partial charge on any atom is 0.0718 e. The van der Waals surface area contributed by atoms with E-state index < -0.39 is 0 Å². The number of unbranched alkanes of at least 4 members (excludes halogenated alkanes) is 12. The first-order chi connectivity index (χ1) is 17.4. The molecule has 0 bridgehead atoms. The van der Waals surface area contributed by atoms with Crippen molar-refractivity contribution < 1.29 is 23.7 Å². The van der Waals surface area contributed by atoms with E-state index in [1.807, 2.05) is 18.2 Å². The first-order valence-corrected chi connectivity index (χ1v) is 14.4. The van der Waals surface area contributed by atoms with Gasteiger partial charge in [0.2, 0.25) is 0 Å². The minimum Gasteiger partial charge on any atom is -0.379 e. The first kappa shape index (κ1) is 32.0. The quantitative estimate of drug-likeness (QED) is 0.114. The van der Waals surface area contributed by atoms with Crippen molar-refractivity contribution in [1.82, 2.24) is 0 Å². The van der Waals surface area contributed by atoms with E-state index >= 15 is 0 Å². The van der Waals surface area contributed by atoms with Gasteiger partial charge in [0.15, 0.2) is 0 Å². The van der Waals surface area contributed by atoms with Crippen molar-refractivity contribution in [2.45, 2.75) is 97.0 Å². The Bertz CT molecular complexity index is 511. The van der Waals surface area contributed by atoms with E-state index in [2.05, 4.69) is 19.1 Å². The van der Waals surface area contributed by atoms with Gasteiger partial charge < -0.3 is 23.7 Å². The fraction of sp³-hybridized carbons (Fsp3) is 0.800. The van der Waals surface area contributed by atoms with Crippen LogP contribution in [-0.4, -0.2) is 59.5 Å². The Morgan fingerprint density at radius 1 is 0.400 bits per heavy atom. The summed E-state index contributed by atoms with van der Waals surface area (Å²) < 4.78 is 27.8. The number of ether oxygens (including phenoxy) is 5. The fourth-order valence-corrected chi connectivity index (χ4v) is 3.87. The molecule has 0 atom stereocenters. The second kappa shape index (κ2) is 27.6. The van der Waals surface area contributed by atoms with E-state index in [0.717, 1.165) is 13.0 Å². The van der Waals surface area contributed by atoms with Crippen molar-refractivity contribution in [2.24, 2.45) is 0 Å². The minimum absolute atomic E-state index is 0.580. The number of rotatable bonds is 28. The molecule has 0 radical (unpaired) electrons. The predicted molar refractivity (Wildman–Crippen MR) is 145 cm³/mol. The zero-order valence-electron chi connectivity index (χ0n) is 22.7. The third kappa shape index (κ3) is 24.5. The normalized spacial score (nSPS) is 11.3. The molecule has 0 saturated heterocycles. The van der Waals surface area contributed by atoms with Gasteiger partial charge in [0, 0.05) is 6.61 Å².